The minimum Gasteiger partial charge on any atom is -0.352 e. The number of hydrogen-bond donors (Lipinski definition) is 2. The van der Waals surface area contributed by atoms with Gasteiger partial charge in [-0.15, -0.1) is 0 Å². The summed E-state index contributed by atoms with van der Waals surface area (Å²) in [5, 5.41) is 3.47. The molecule has 1 unspecified atom stereocenters. The summed E-state index contributed by atoms with van der Waals surface area (Å²) in [7, 11) is 0. The number of H-pyrrole nitrogens is 1. The van der Waals surface area contributed by atoms with Crippen molar-refractivity contribution >= 4 is 12.2 Å². The Labute approximate surface area is 83.4 Å². The molecule has 0 bridgehead atoms. The molecule has 1 saturated heterocycles. The number of aromatic nitrogens is 1. The number of aromatic amines is 1. The zero-order valence-corrected chi connectivity index (χ0v) is 8.58. The first-order valence-corrected chi connectivity index (χ1v) is 5.11. The van der Waals surface area contributed by atoms with E-state index in [-0.39, 0.29) is 0 Å². The van der Waals surface area contributed by atoms with Crippen molar-refractivity contribution in [1.82, 2.24) is 10.3 Å². The second-order valence-corrected chi connectivity index (χ2v) is 4.00. The van der Waals surface area contributed by atoms with Crippen molar-refractivity contribution in [3.8, 4) is 0 Å². The maximum Gasteiger partial charge on any atom is 0.106 e. The highest BCUT2D eigenvalue weighted by atomic mass is 32.1. The number of rotatable bonds is 1. The Kier molecular flexibility index (Phi) is 2.47. The van der Waals surface area contributed by atoms with Crippen LogP contribution >= 0.6 is 12.2 Å². The van der Waals surface area contributed by atoms with Crippen LogP contribution in [-0.4, -0.2) is 11.5 Å². The smallest absolute Gasteiger partial charge is 0.106 e. The highest BCUT2D eigenvalue weighted by Gasteiger charge is 2.15. The first kappa shape index (κ1) is 8.91. The van der Waals surface area contributed by atoms with Crippen molar-refractivity contribution in [2.45, 2.75) is 25.8 Å². The average Bonchev–Trinajstić information content (AvgIpc) is 2.62. The first-order valence-electron chi connectivity index (χ1n) is 4.70. The molecule has 2 rings (SSSR count). The molecule has 0 aromatic carbocycles. The molecule has 70 valence electrons. The van der Waals surface area contributed by atoms with Crippen molar-refractivity contribution < 1.29 is 0 Å². The Balaban J connectivity index is 2.30. The van der Waals surface area contributed by atoms with Crippen LogP contribution in [-0.2, 0) is 0 Å². The van der Waals surface area contributed by atoms with Crippen LogP contribution in [0, 0.1) is 11.6 Å². The van der Waals surface area contributed by atoms with Crippen molar-refractivity contribution in [3.05, 3.63) is 28.0 Å². The Bertz CT molecular complexity index is 350. The van der Waals surface area contributed by atoms with Gasteiger partial charge in [0.25, 0.3) is 0 Å². The van der Waals surface area contributed by atoms with Crippen LogP contribution in [0.5, 0.6) is 0 Å². The van der Waals surface area contributed by atoms with Gasteiger partial charge >= 0.3 is 0 Å². The second kappa shape index (κ2) is 3.60. The fourth-order valence-corrected chi connectivity index (χ4v) is 1.91. The third-order valence-corrected chi connectivity index (χ3v) is 3.01. The Morgan fingerprint density at radius 1 is 1.54 bits per heavy atom. The molecule has 0 saturated carbocycles. The lowest BCUT2D eigenvalue weighted by atomic mass is 10.1. The van der Waals surface area contributed by atoms with E-state index in [2.05, 4.69) is 23.3 Å². The van der Waals surface area contributed by atoms with Gasteiger partial charge in [0, 0.05) is 12.2 Å². The van der Waals surface area contributed by atoms with Crippen LogP contribution in [0.15, 0.2) is 12.3 Å². The third-order valence-electron chi connectivity index (χ3n) is 2.57. The van der Waals surface area contributed by atoms with E-state index in [1.807, 2.05) is 6.20 Å². The van der Waals surface area contributed by atoms with Crippen LogP contribution in [0.3, 0.4) is 0 Å². The summed E-state index contributed by atoms with van der Waals surface area (Å²) in [6.45, 7) is 3.19. The lowest BCUT2D eigenvalue weighted by molar-refractivity contribution is 0.644. The van der Waals surface area contributed by atoms with E-state index in [9.17, 15) is 0 Å². The fraction of sp³-hybridized carbons (Fsp3) is 0.500. The molecule has 2 heterocycles. The van der Waals surface area contributed by atoms with Crippen LogP contribution < -0.4 is 5.32 Å². The summed E-state index contributed by atoms with van der Waals surface area (Å²) in [6, 6.07) is 2.72. The molecule has 13 heavy (non-hydrogen) atoms. The monoisotopic (exact) mass is 194 g/mol. The Morgan fingerprint density at radius 3 is 3.00 bits per heavy atom. The highest BCUT2D eigenvalue weighted by Crippen LogP contribution is 2.22. The molecular formula is C10H14N2S. The molecule has 1 aliphatic rings. The molecule has 0 spiro atoms. The molecule has 1 aromatic rings. The molecule has 1 atom stereocenters. The van der Waals surface area contributed by atoms with Gasteiger partial charge in [0.05, 0.1) is 0 Å². The van der Waals surface area contributed by atoms with Gasteiger partial charge in [0.1, 0.15) is 4.64 Å². The van der Waals surface area contributed by atoms with Gasteiger partial charge in [-0.25, -0.2) is 0 Å². The molecule has 1 aromatic heterocycles. The van der Waals surface area contributed by atoms with Gasteiger partial charge in [0.15, 0.2) is 0 Å². The number of aryl methyl sites for hydroxylation is 1. The van der Waals surface area contributed by atoms with Crippen molar-refractivity contribution in [1.29, 1.82) is 0 Å². The highest BCUT2D eigenvalue weighted by molar-refractivity contribution is 7.71. The lowest BCUT2D eigenvalue weighted by Gasteiger charge is -2.10. The quantitative estimate of drug-likeness (QED) is 0.672. The predicted molar refractivity (Wildman–Crippen MR) is 56.3 cm³/mol. The van der Waals surface area contributed by atoms with Crippen molar-refractivity contribution in [2.75, 3.05) is 6.54 Å². The molecule has 0 amide bonds. The largest absolute Gasteiger partial charge is 0.352 e. The molecule has 0 aliphatic carbocycles. The van der Waals surface area contributed by atoms with Gasteiger partial charge in [-0.3, -0.25) is 0 Å². The normalized spacial score (nSPS) is 22.1. The molecule has 1 fully saturated rings. The van der Waals surface area contributed by atoms with Gasteiger partial charge in [-0.1, -0.05) is 18.3 Å². The van der Waals surface area contributed by atoms with Gasteiger partial charge in [-0.2, -0.15) is 0 Å². The van der Waals surface area contributed by atoms with E-state index < -0.39 is 0 Å². The summed E-state index contributed by atoms with van der Waals surface area (Å²) in [5.74, 6) is 0. The van der Waals surface area contributed by atoms with E-state index in [1.165, 1.54) is 24.0 Å². The molecular weight excluding hydrogens is 180 g/mol. The topological polar surface area (TPSA) is 27.8 Å². The number of nitrogens with one attached hydrogen (secondary N) is 2. The maximum absolute atomic E-state index is 5.11. The summed E-state index contributed by atoms with van der Waals surface area (Å²) in [5.41, 5.74) is 2.50. The van der Waals surface area contributed by atoms with Gasteiger partial charge in [-0.05, 0) is 37.4 Å². The lowest BCUT2D eigenvalue weighted by Crippen LogP contribution is -2.13. The van der Waals surface area contributed by atoms with Crippen LogP contribution in [0.1, 0.15) is 30.0 Å². The summed E-state index contributed by atoms with van der Waals surface area (Å²) in [6.07, 6.45) is 4.54. The van der Waals surface area contributed by atoms with Crippen LogP contribution in [0.25, 0.3) is 0 Å². The standard InChI is InChI=1S/C10H14N2S/c1-7-5-8(6-12-10(7)13)9-3-2-4-11-9/h5-6,9,11H,2-4H2,1H3,(H,12,13). The van der Waals surface area contributed by atoms with Crippen molar-refractivity contribution in [3.63, 3.8) is 0 Å². The second-order valence-electron chi connectivity index (χ2n) is 3.59. The zero-order valence-electron chi connectivity index (χ0n) is 7.76. The predicted octanol–water partition coefficient (Wildman–Crippen LogP) is 2.48. The maximum atomic E-state index is 5.11. The van der Waals surface area contributed by atoms with Crippen molar-refractivity contribution in [2.24, 2.45) is 0 Å². The van der Waals surface area contributed by atoms with E-state index in [0.29, 0.717) is 6.04 Å². The minimum absolute atomic E-state index is 0.533. The van der Waals surface area contributed by atoms with E-state index >= 15 is 0 Å². The molecule has 3 heteroatoms. The molecule has 2 nitrogen and oxygen atoms in total. The summed E-state index contributed by atoms with van der Waals surface area (Å²) < 4.78 is 0.849. The molecule has 1 aliphatic heterocycles. The van der Waals surface area contributed by atoms with E-state index in [4.69, 9.17) is 12.2 Å². The first-order chi connectivity index (χ1) is 6.27. The molecule has 2 N–H and O–H groups in total. The van der Waals surface area contributed by atoms with E-state index in [0.717, 1.165) is 11.2 Å². The zero-order chi connectivity index (χ0) is 9.26. The Hall–Kier alpha value is -0.670. The summed E-state index contributed by atoms with van der Waals surface area (Å²) in [4.78, 5) is 3.12. The summed E-state index contributed by atoms with van der Waals surface area (Å²) >= 11 is 5.11. The number of pyridine rings is 1. The van der Waals surface area contributed by atoms with E-state index in [1.54, 1.807) is 0 Å². The number of hydrogen-bond acceptors (Lipinski definition) is 2. The SMILES string of the molecule is Cc1cc(C2CCCN2)c[nH]c1=S. The van der Waals surface area contributed by atoms with Gasteiger partial charge < -0.3 is 10.3 Å². The average molecular weight is 194 g/mol. The fourth-order valence-electron chi connectivity index (χ4n) is 1.79. The Morgan fingerprint density at radius 2 is 2.38 bits per heavy atom. The third kappa shape index (κ3) is 1.81. The van der Waals surface area contributed by atoms with Crippen LogP contribution in [0.4, 0.5) is 0 Å². The van der Waals surface area contributed by atoms with Crippen LogP contribution in [0.2, 0.25) is 0 Å². The molecule has 0 radical (unpaired) electrons. The minimum atomic E-state index is 0.533. The van der Waals surface area contributed by atoms with Gasteiger partial charge in [0.2, 0.25) is 0 Å².